The number of carboxylic acids is 1. The molecule has 0 atom stereocenters. The Morgan fingerprint density at radius 1 is 1.21 bits per heavy atom. The number of rotatable bonds is 3. The Kier molecular flexibility index (Phi) is 4.66. The van der Waals surface area contributed by atoms with E-state index in [9.17, 15) is 9.59 Å². The predicted molar refractivity (Wildman–Crippen MR) is 90.0 cm³/mol. The van der Waals surface area contributed by atoms with Gasteiger partial charge in [-0.15, -0.1) is 10.2 Å². The molecule has 1 aliphatic rings. The van der Waals surface area contributed by atoms with Gasteiger partial charge in [-0.1, -0.05) is 15.9 Å². The number of hydrogen-bond acceptors (Lipinski definition) is 4. The third kappa shape index (κ3) is 3.33. The number of carbonyl (C=O) groups is 2. The monoisotopic (exact) mass is 392 g/mol. The first-order valence-electron chi connectivity index (χ1n) is 7.62. The van der Waals surface area contributed by atoms with Gasteiger partial charge in [-0.2, -0.15) is 0 Å². The van der Waals surface area contributed by atoms with E-state index in [4.69, 9.17) is 5.11 Å². The van der Waals surface area contributed by atoms with Crippen molar-refractivity contribution in [2.45, 2.75) is 18.8 Å². The van der Waals surface area contributed by atoms with Crippen LogP contribution in [0.5, 0.6) is 0 Å². The molecule has 1 N–H and O–H groups in total. The highest BCUT2D eigenvalue weighted by Gasteiger charge is 2.27. The number of piperidine rings is 1. The van der Waals surface area contributed by atoms with Gasteiger partial charge in [0.05, 0.1) is 5.56 Å². The Hall–Kier alpha value is -2.22. The van der Waals surface area contributed by atoms with Gasteiger partial charge >= 0.3 is 5.97 Å². The lowest BCUT2D eigenvalue weighted by molar-refractivity contribution is 0.0696. The van der Waals surface area contributed by atoms with Crippen molar-refractivity contribution in [1.29, 1.82) is 0 Å². The van der Waals surface area contributed by atoms with E-state index in [-0.39, 0.29) is 11.5 Å². The van der Waals surface area contributed by atoms with E-state index in [0.29, 0.717) is 29.0 Å². The lowest BCUT2D eigenvalue weighted by Gasteiger charge is -2.31. The topological polar surface area (TPSA) is 88.3 Å². The molecule has 2 aromatic rings. The highest BCUT2D eigenvalue weighted by atomic mass is 79.9. The van der Waals surface area contributed by atoms with E-state index in [1.54, 1.807) is 17.3 Å². The SMILES string of the molecule is Cn1cnnc1C1CCN(C(=O)c2cc(Br)cc(C(=O)O)c2)CC1. The number of aromatic nitrogens is 3. The summed E-state index contributed by atoms with van der Waals surface area (Å²) in [5.41, 5.74) is 0.487. The smallest absolute Gasteiger partial charge is 0.335 e. The number of halogens is 1. The summed E-state index contributed by atoms with van der Waals surface area (Å²) in [5, 5.41) is 17.2. The zero-order valence-corrected chi connectivity index (χ0v) is 14.7. The van der Waals surface area contributed by atoms with Crippen LogP contribution >= 0.6 is 15.9 Å². The predicted octanol–water partition coefficient (Wildman–Crippen LogP) is 2.30. The molecule has 0 unspecified atom stereocenters. The molecule has 0 bridgehead atoms. The Balaban J connectivity index is 1.71. The summed E-state index contributed by atoms with van der Waals surface area (Å²) in [5.74, 6) is 0.0397. The van der Waals surface area contributed by atoms with Gasteiger partial charge in [0.15, 0.2) is 0 Å². The number of aromatic carboxylic acids is 1. The van der Waals surface area contributed by atoms with E-state index in [1.807, 2.05) is 11.6 Å². The van der Waals surface area contributed by atoms with E-state index in [1.165, 1.54) is 12.1 Å². The number of amides is 1. The second kappa shape index (κ2) is 6.72. The molecule has 8 heteroatoms. The standard InChI is InChI=1S/C16H17BrN4O3/c1-20-9-18-19-14(20)10-2-4-21(5-3-10)15(22)11-6-12(16(23)24)8-13(17)7-11/h6-10H,2-5H2,1H3,(H,23,24). The van der Waals surface area contributed by atoms with Gasteiger partial charge in [0, 0.05) is 36.1 Å². The maximum Gasteiger partial charge on any atom is 0.335 e. The molecule has 0 aliphatic carbocycles. The number of nitrogens with zero attached hydrogens (tertiary/aromatic N) is 4. The highest BCUT2D eigenvalue weighted by Crippen LogP contribution is 2.27. The Morgan fingerprint density at radius 2 is 1.88 bits per heavy atom. The van der Waals surface area contributed by atoms with Crippen molar-refractivity contribution in [2.75, 3.05) is 13.1 Å². The first-order valence-corrected chi connectivity index (χ1v) is 8.42. The number of carbonyl (C=O) groups excluding carboxylic acids is 1. The molecule has 3 rings (SSSR count). The fourth-order valence-electron chi connectivity index (χ4n) is 3.02. The van der Waals surface area contributed by atoms with Crippen molar-refractivity contribution in [2.24, 2.45) is 7.05 Å². The zero-order chi connectivity index (χ0) is 17.3. The number of aryl methyl sites for hydroxylation is 1. The molecule has 1 fully saturated rings. The molecule has 0 saturated carbocycles. The average molecular weight is 393 g/mol. The summed E-state index contributed by atoms with van der Waals surface area (Å²) in [4.78, 5) is 25.6. The van der Waals surface area contributed by atoms with Crippen LogP contribution in [0.2, 0.25) is 0 Å². The van der Waals surface area contributed by atoms with Crippen molar-refractivity contribution in [3.63, 3.8) is 0 Å². The Bertz CT molecular complexity index is 781. The lowest BCUT2D eigenvalue weighted by Crippen LogP contribution is -2.38. The minimum absolute atomic E-state index is 0.0988. The highest BCUT2D eigenvalue weighted by molar-refractivity contribution is 9.10. The molecule has 7 nitrogen and oxygen atoms in total. The van der Waals surface area contributed by atoms with Gasteiger partial charge in [-0.3, -0.25) is 4.79 Å². The van der Waals surface area contributed by atoms with Gasteiger partial charge in [0.2, 0.25) is 0 Å². The van der Waals surface area contributed by atoms with Crippen molar-refractivity contribution in [3.05, 3.63) is 46.0 Å². The first-order chi connectivity index (χ1) is 11.5. The summed E-state index contributed by atoms with van der Waals surface area (Å²) in [6.07, 6.45) is 3.32. The molecule has 1 aromatic heterocycles. The zero-order valence-electron chi connectivity index (χ0n) is 13.1. The second-order valence-electron chi connectivity index (χ2n) is 5.90. The number of carboxylic acid groups (broad SMARTS) is 1. The van der Waals surface area contributed by atoms with E-state index in [0.717, 1.165) is 18.7 Å². The summed E-state index contributed by atoms with van der Waals surface area (Å²) in [6, 6.07) is 4.56. The van der Waals surface area contributed by atoms with Crippen LogP contribution in [0.4, 0.5) is 0 Å². The van der Waals surface area contributed by atoms with Crippen molar-refractivity contribution >= 4 is 27.8 Å². The molecular weight excluding hydrogens is 376 g/mol. The number of likely N-dealkylation sites (tertiary alicyclic amines) is 1. The van der Waals surface area contributed by atoms with E-state index >= 15 is 0 Å². The molecular formula is C16H17BrN4O3. The maximum absolute atomic E-state index is 12.7. The molecule has 126 valence electrons. The average Bonchev–Trinajstić information content (AvgIpc) is 2.99. The molecule has 1 aromatic carbocycles. The van der Waals surface area contributed by atoms with Gasteiger partial charge in [0.25, 0.3) is 5.91 Å². The third-order valence-electron chi connectivity index (χ3n) is 4.29. The molecule has 0 spiro atoms. The van der Waals surface area contributed by atoms with Crippen molar-refractivity contribution < 1.29 is 14.7 Å². The van der Waals surface area contributed by atoms with Gasteiger partial charge in [0.1, 0.15) is 12.2 Å². The van der Waals surface area contributed by atoms with Crippen LogP contribution in [0, 0.1) is 0 Å². The summed E-state index contributed by atoms with van der Waals surface area (Å²) in [6.45, 7) is 1.23. The van der Waals surface area contributed by atoms with Crippen LogP contribution in [-0.2, 0) is 7.05 Å². The van der Waals surface area contributed by atoms with E-state index in [2.05, 4.69) is 26.1 Å². The number of benzene rings is 1. The Labute approximate surface area is 147 Å². The van der Waals surface area contributed by atoms with Crippen molar-refractivity contribution in [1.82, 2.24) is 19.7 Å². The normalized spacial score (nSPS) is 15.5. The minimum atomic E-state index is -1.05. The van der Waals surface area contributed by atoms with E-state index < -0.39 is 5.97 Å². The summed E-state index contributed by atoms with van der Waals surface area (Å²) >= 11 is 3.27. The minimum Gasteiger partial charge on any atom is -0.478 e. The molecule has 1 aliphatic heterocycles. The molecule has 2 heterocycles. The maximum atomic E-state index is 12.7. The van der Waals surface area contributed by atoms with Crippen LogP contribution in [-0.4, -0.2) is 49.7 Å². The molecule has 1 saturated heterocycles. The Morgan fingerprint density at radius 3 is 2.46 bits per heavy atom. The number of hydrogen-bond donors (Lipinski definition) is 1. The van der Waals surface area contributed by atoms with Crippen LogP contribution in [0.15, 0.2) is 29.0 Å². The van der Waals surface area contributed by atoms with Crippen LogP contribution in [0.3, 0.4) is 0 Å². The summed E-state index contributed by atoms with van der Waals surface area (Å²) < 4.78 is 2.50. The molecule has 0 radical (unpaired) electrons. The first kappa shape index (κ1) is 16.6. The second-order valence-corrected chi connectivity index (χ2v) is 6.82. The third-order valence-corrected chi connectivity index (χ3v) is 4.74. The fourth-order valence-corrected chi connectivity index (χ4v) is 3.51. The summed E-state index contributed by atoms with van der Waals surface area (Å²) in [7, 11) is 1.92. The van der Waals surface area contributed by atoms with Gasteiger partial charge in [-0.25, -0.2) is 4.79 Å². The molecule has 24 heavy (non-hydrogen) atoms. The fraction of sp³-hybridized carbons (Fsp3) is 0.375. The quantitative estimate of drug-likeness (QED) is 0.865. The van der Waals surface area contributed by atoms with Gasteiger partial charge in [-0.05, 0) is 31.0 Å². The largest absolute Gasteiger partial charge is 0.478 e. The van der Waals surface area contributed by atoms with Crippen LogP contribution < -0.4 is 0 Å². The van der Waals surface area contributed by atoms with Crippen molar-refractivity contribution in [3.8, 4) is 0 Å². The lowest BCUT2D eigenvalue weighted by atomic mass is 9.95. The van der Waals surface area contributed by atoms with Gasteiger partial charge < -0.3 is 14.6 Å². The van der Waals surface area contributed by atoms with Crippen LogP contribution in [0.25, 0.3) is 0 Å². The molecule has 1 amide bonds. The van der Waals surface area contributed by atoms with Crippen LogP contribution in [0.1, 0.15) is 45.3 Å².